The van der Waals surface area contributed by atoms with Crippen molar-refractivity contribution in [3.05, 3.63) is 59.1 Å². The van der Waals surface area contributed by atoms with Crippen molar-refractivity contribution in [3.8, 4) is 0 Å². The van der Waals surface area contributed by atoms with Gasteiger partial charge >= 0.3 is 6.18 Å². The average molecular weight is 464 g/mol. The van der Waals surface area contributed by atoms with E-state index in [0.717, 1.165) is 17.8 Å². The smallest absolute Gasteiger partial charge is 0.385 e. The highest BCUT2D eigenvalue weighted by molar-refractivity contribution is 7.89. The molecular formula is C19H21ClF3N3O3S. The summed E-state index contributed by atoms with van der Waals surface area (Å²) in [5, 5.41) is 5.24. The summed E-state index contributed by atoms with van der Waals surface area (Å²) in [6.07, 6.45) is -4.26. The Labute approximate surface area is 177 Å². The van der Waals surface area contributed by atoms with E-state index in [0.29, 0.717) is 25.6 Å². The van der Waals surface area contributed by atoms with Gasteiger partial charge in [0.15, 0.2) is 0 Å². The van der Waals surface area contributed by atoms with E-state index in [-0.39, 0.29) is 18.9 Å². The molecule has 2 aromatic carbocycles. The van der Waals surface area contributed by atoms with E-state index in [1.165, 1.54) is 0 Å². The first-order chi connectivity index (χ1) is 14.1. The van der Waals surface area contributed by atoms with E-state index >= 15 is 0 Å². The third kappa shape index (κ3) is 7.51. The summed E-state index contributed by atoms with van der Waals surface area (Å²) in [7, 11) is -4.21. The molecule has 11 heteroatoms. The van der Waals surface area contributed by atoms with Crippen molar-refractivity contribution in [2.75, 3.05) is 25.0 Å². The number of alkyl halides is 3. The van der Waals surface area contributed by atoms with Gasteiger partial charge in [-0.25, -0.2) is 13.1 Å². The minimum Gasteiger partial charge on any atom is -0.385 e. The molecule has 0 aliphatic heterocycles. The number of hydrogen-bond acceptors (Lipinski definition) is 4. The number of halogens is 4. The summed E-state index contributed by atoms with van der Waals surface area (Å²) in [6, 6.07) is 11.9. The molecule has 2 rings (SSSR count). The Hall–Kier alpha value is -2.30. The van der Waals surface area contributed by atoms with Crippen molar-refractivity contribution in [2.24, 2.45) is 0 Å². The fourth-order valence-electron chi connectivity index (χ4n) is 2.46. The summed E-state index contributed by atoms with van der Waals surface area (Å²) >= 11 is 5.49. The molecule has 0 heterocycles. The highest BCUT2D eigenvalue weighted by atomic mass is 35.5. The molecule has 0 unspecified atom stereocenters. The van der Waals surface area contributed by atoms with E-state index in [2.05, 4.69) is 15.4 Å². The van der Waals surface area contributed by atoms with Gasteiger partial charge in [-0.1, -0.05) is 29.8 Å². The number of carbonyl (C=O) groups excluding carboxylic acids is 1. The van der Waals surface area contributed by atoms with Crippen LogP contribution in [0.3, 0.4) is 0 Å². The Kier molecular flexibility index (Phi) is 8.51. The van der Waals surface area contributed by atoms with Crippen LogP contribution in [0.1, 0.15) is 18.4 Å². The zero-order valence-electron chi connectivity index (χ0n) is 15.8. The van der Waals surface area contributed by atoms with Gasteiger partial charge in [0.05, 0.1) is 15.5 Å². The van der Waals surface area contributed by atoms with Gasteiger partial charge in [-0.2, -0.15) is 13.2 Å². The molecule has 164 valence electrons. The molecule has 0 aromatic heterocycles. The second kappa shape index (κ2) is 10.6. The summed E-state index contributed by atoms with van der Waals surface area (Å²) in [6.45, 7) is 0.799. The minimum absolute atomic E-state index is 0.148. The van der Waals surface area contributed by atoms with Crippen LogP contribution in [-0.4, -0.2) is 34.0 Å². The summed E-state index contributed by atoms with van der Waals surface area (Å²) < 4.78 is 65.1. The maximum absolute atomic E-state index is 12.9. The molecule has 0 saturated heterocycles. The van der Waals surface area contributed by atoms with Gasteiger partial charge in [-0.3, -0.25) is 4.79 Å². The van der Waals surface area contributed by atoms with Crippen LogP contribution in [0.25, 0.3) is 0 Å². The van der Waals surface area contributed by atoms with Gasteiger partial charge in [0.1, 0.15) is 0 Å². The molecule has 6 nitrogen and oxygen atoms in total. The van der Waals surface area contributed by atoms with Crippen LogP contribution in [0, 0.1) is 0 Å². The zero-order chi connectivity index (χ0) is 22.2. The van der Waals surface area contributed by atoms with Crippen LogP contribution in [-0.2, 0) is 21.0 Å². The summed E-state index contributed by atoms with van der Waals surface area (Å²) in [5.41, 5.74) is -0.275. The SMILES string of the molecule is O=C(CCNS(=O)(=O)c1ccc(Cl)c(C(F)(F)F)c1)NCCCNc1ccccc1. The molecule has 0 radical (unpaired) electrons. The molecule has 0 atom stereocenters. The number of nitrogens with one attached hydrogen (secondary N) is 3. The van der Waals surface area contributed by atoms with Crippen molar-refractivity contribution < 1.29 is 26.4 Å². The Balaban J connectivity index is 1.74. The van der Waals surface area contributed by atoms with Crippen molar-refractivity contribution in [3.63, 3.8) is 0 Å². The third-order valence-electron chi connectivity index (χ3n) is 3.98. The lowest BCUT2D eigenvalue weighted by molar-refractivity contribution is -0.137. The molecule has 0 aliphatic rings. The lowest BCUT2D eigenvalue weighted by Gasteiger charge is -2.12. The Morgan fingerprint density at radius 2 is 1.70 bits per heavy atom. The fraction of sp³-hybridized carbons (Fsp3) is 0.316. The van der Waals surface area contributed by atoms with Crippen LogP contribution < -0.4 is 15.4 Å². The van der Waals surface area contributed by atoms with Crippen LogP contribution >= 0.6 is 11.6 Å². The highest BCUT2D eigenvalue weighted by Crippen LogP contribution is 2.35. The fourth-order valence-corrected chi connectivity index (χ4v) is 3.75. The minimum atomic E-state index is -4.78. The van der Waals surface area contributed by atoms with Crippen LogP contribution in [0.15, 0.2) is 53.4 Å². The third-order valence-corrected chi connectivity index (χ3v) is 5.76. The van der Waals surface area contributed by atoms with E-state index in [1.807, 2.05) is 30.3 Å². The standard InChI is InChI=1S/C19H21ClF3N3O3S/c20-17-8-7-15(13-16(17)19(21,22)23)30(28,29)26-12-9-18(27)25-11-4-10-24-14-5-2-1-3-6-14/h1-3,5-8,13,24,26H,4,9-12H2,(H,25,27). The summed E-state index contributed by atoms with van der Waals surface area (Å²) in [5.74, 6) is -0.371. The normalized spacial score (nSPS) is 11.9. The zero-order valence-corrected chi connectivity index (χ0v) is 17.4. The molecule has 0 saturated carbocycles. The summed E-state index contributed by atoms with van der Waals surface area (Å²) in [4.78, 5) is 11.2. The van der Waals surface area contributed by atoms with Gasteiger partial charge < -0.3 is 10.6 Å². The van der Waals surface area contributed by atoms with E-state index < -0.39 is 31.7 Å². The second-order valence-corrected chi connectivity index (χ2v) is 8.46. The second-order valence-electron chi connectivity index (χ2n) is 6.28. The molecule has 0 fully saturated rings. The molecule has 3 N–H and O–H groups in total. The molecule has 2 aromatic rings. The van der Waals surface area contributed by atoms with Crippen molar-refractivity contribution >= 4 is 33.2 Å². The largest absolute Gasteiger partial charge is 0.417 e. The van der Waals surface area contributed by atoms with Gasteiger partial charge in [0, 0.05) is 31.7 Å². The van der Waals surface area contributed by atoms with Crippen LogP contribution in [0.5, 0.6) is 0 Å². The van der Waals surface area contributed by atoms with Crippen LogP contribution in [0.4, 0.5) is 18.9 Å². The Morgan fingerprint density at radius 3 is 2.37 bits per heavy atom. The Morgan fingerprint density at radius 1 is 1.00 bits per heavy atom. The van der Waals surface area contributed by atoms with Gasteiger partial charge in [0.25, 0.3) is 0 Å². The predicted octanol–water partition coefficient (Wildman–Crippen LogP) is 3.65. The first kappa shape index (κ1) is 24.0. The van der Waals surface area contributed by atoms with Crippen molar-refractivity contribution in [1.82, 2.24) is 10.0 Å². The molecule has 1 amide bonds. The molecule has 30 heavy (non-hydrogen) atoms. The maximum atomic E-state index is 12.9. The number of amides is 1. The van der Waals surface area contributed by atoms with Gasteiger partial charge in [-0.15, -0.1) is 0 Å². The number of para-hydroxylation sites is 1. The number of carbonyl (C=O) groups is 1. The number of benzene rings is 2. The van der Waals surface area contributed by atoms with Gasteiger partial charge in [-0.05, 0) is 36.8 Å². The molecular weight excluding hydrogens is 443 g/mol. The first-order valence-corrected chi connectivity index (χ1v) is 10.9. The Bertz CT molecular complexity index is 954. The van der Waals surface area contributed by atoms with Gasteiger partial charge in [0.2, 0.25) is 15.9 Å². The lowest BCUT2D eigenvalue weighted by Crippen LogP contribution is -2.31. The number of sulfonamides is 1. The molecule has 0 bridgehead atoms. The van der Waals surface area contributed by atoms with E-state index in [9.17, 15) is 26.4 Å². The monoisotopic (exact) mass is 463 g/mol. The quantitative estimate of drug-likeness (QED) is 0.469. The first-order valence-electron chi connectivity index (χ1n) is 9.01. The molecule has 0 aliphatic carbocycles. The molecule has 0 spiro atoms. The maximum Gasteiger partial charge on any atom is 0.417 e. The van der Waals surface area contributed by atoms with E-state index in [4.69, 9.17) is 11.6 Å². The van der Waals surface area contributed by atoms with Crippen molar-refractivity contribution in [1.29, 1.82) is 0 Å². The average Bonchev–Trinajstić information content (AvgIpc) is 2.67. The lowest BCUT2D eigenvalue weighted by atomic mass is 10.2. The van der Waals surface area contributed by atoms with Crippen LogP contribution in [0.2, 0.25) is 5.02 Å². The number of anilines is 1. The number of hydrogen-bond donors (Lipinski definition) is 3. The topological polar surface area (TPSA) is 87.3 Å². The van der Waals surface area contributed by atoms with E-state index in [1.54, 1.807) is 0 Å². The van der Waals surface area contributed by atoms with Crippen molar-refractivity contribution in [2.45, 2.75) is 23.9 Å². The predicted molar refractivity (Wildman–Crippen MR) is 109 cm³/mol. The highest BCUT2D eigenvalue weighted by Gasteiger charge is 2.34. The number of rotatable bonds is 10.